The van der Waals surface area contributed by atoms with Crippen molar-refractivity contribution in [2.24, 2.45) is 11.7 Å². The van der Waals surface area contributed by atoms with E-state index in [0.29, 0.717) is 18.2 Å². The van der Waals surface area contributed by atoms with Gasteiger partial charge in [-0.2, -0.15) is 0 Å². The third-order valence-electron chi connectivity index (χ3n) is 4.66. The summed E-state index contributed by atoms with van der Waals surface area (Å²) in [5, 5.41) is 3.05. The third kappa shape index (κ3) is 4.74. The summed E-state index contributed by atoms with van der Waals surface area (Å²) < 4.78 is 5.79. The van der Waals surface area contributed by atoms with Crippen molar-refractivity contribution in [2.75, 3.05) is 13.2 Å². The van der Waals surface area contributed by atoms with E-state index in [-0.39, 0.29) is 30.5 Å². The maximum atomic E-state index is 12.3. The lowest BCUT2D eigenvalue weighted by atomic mass is 9.96. The summed E-state index contributed by atoms with van der Waals surface area (Å²) in [7, 11) is 0. The van der Waals surface area contributed by atoms with Crippen molar-refractivity contribution in [3.05, 3.63) is 54.6 Å². The van der Waals surface area contributed by atoms with E-state index < -0.39 is 0 Å². The van der Waals surface area contributed by atoms with Gasteiger partial charge in [0.25, 0.3) is 5.91 Å². The highest BCUT2D eigenvalue weighted by Gasteiger charge is 2.41. The molecule has 5 heteroatoms. The van der Waals surface area contributed by atoms with Gasteiger partial charge in [0.05, 0.1) is 5.54 Å². The van der Waals surface area contributed by atoms with Crippen molar-refractivity contribution in [2.45, 2.75) is 25.3 Å². The van der Waals surface area contributed by atoms with Crippen LogP contribution in [0.15, 0.2) is 54.6 Å². The molecule has 0 bridgehead atoms. The number of benzene rings is 2. The van der Waals surface area contributed by atoms with Gasteiger partial charge in [-0.05, 0) is 37.3 Å². The first-order valence-electron chi connectivity index (χ1n) is 8.41. The molecule has 1 aliphatic rings. The van der Waals surface area contributed by atoms with Crippen LogP contribution in [0.25, 0.3) is 11.1 Å². The highest BCUT2D eigenvalue weighted by Crippen LogP contribution is 2.39. The lowest BCUT2D eigenvalue weighted by molar-refractivity contribution is -0.125. The molecule has 0 aromatic heterocycles. The van der Waals surface area contributed by atoms with Crippen LogP contribution in [0.3, 0.4) is 0 Å². The highest BCUT2D eigenvalue weighted by molar-refractivity contribution is 5.85. The highest BCUT2D eigenvalue weighted by atomic mass is 35.5. The summed E-state index contributed by atoms with van der Waals surface area (Å²) in [6.07, 6.45) is 2.26. The summed E-state index contributed by atoms with van der Waals surface area (Å²) in [6.45, 7) is 2.46. The molecule has 0 saturated heterocycles. The fourth-order valence-electron chi connectivity index (χ4n) is 2.99. The third-order valence-corrected chi connectivity index (χ3v) is 4.66. The van der Waals surface area contributed by atoms with Gasteiger partial charge >= 0.3 is 0 Å². The zero-order valence-corrected chi connectivity index (χ0v) is 15.2. The number of amides is 1. The minimum absolute atomic E-state index is 0. The largest absolute Gasteiger partial charge is 0.483 e. The Kier molecular flexibility index (Phi) is 6.45. The van der Waals surface area contributed by atoms with Crippen LogP contribution in [0.5, 0.6) is 5.75 Å². The smallest absolute Gasteiger partial charge is 0.258 e. The Morgan fingerprint density at radius 1 is 1.16 bits per heavy atom. The van der Waals surface area contributed by atoms with Crippen molar-refractivity contribution in [1.82, 2.24) is 5.32 Å². The second kappa shape index (κ2) is 8.37. The topological polar surface area (TPSA) is 64.3 Å². The standard InChI is InChI=1S/C20H24N2O2.ClH/c1-20(14-21,16-11-12-16)22-19(23)13-24-18-10-6-5-9-17(18)15-7-3-2-4-8-15;/h2-10,16H,11-14,21H2,1H3,(H,22,23);1H. The van der Waals surface area contributed by atoms with Gasteiger partial charge in [0.2, 0.25) is 0 Å². The van der Waals surface area contributed by atoms with Crippen LogP contribution in [0.2, 0.25) is 0 Å². The van der Waals surface area contributed by atoms with Gasteiger partial charge in [0.15, 0.2) is 6.61 Å². The predicted octanol–water partition coefficient (Wildman–Crippen LogP) is 3.40. The van der Waals surface area contributed by atoms with Gasteiger partial charge in [0.1, 0.15) is 5.75 Å². The van der Waals surface area contributed by atoms with Crippen LogP contribution >= 0.6 is 12.4 Å². The Morgan fingerprint density at radius 3 is 2.44 bits per heavy atom. The molecule has 0 spiro atoms. The zero-order chi connectivity index (χ0) is 17.0. The summed E-state index contributed by atoms with van der Waals surface area (Å²) in [4.78, 5) is 12.3. The average Bonchev–Trinajstić information content (AvgIpc) is 3.46. The van der Waals surface area contributed by atoms with E-state index in [9.17, 15) is 4.79 Å². The number of nitrogens with two attached hydrogens (primary N) is 1. The fraction of sp³-hybridized carbons (Fsp3) is 0.350. The van der Waals surface area contributed by atoms with E-state index in [0.717, 1.165) is 24.0 Å². The predicted molar refractivity (Wildman–Crippen MR) is 103 cm³/mol. The summed E-state index contributed by atoms with van der Waals surface area (Å²) in [5.74, 6) is 1.07. The number of rotatable bonds is 7. The molecule has 1 amide bonds. The second-order valence-corrected chi connectivity index (χ2v) is 6.59. The maximum Gasteiger partial charge on any atom is 0.258 e. The molecule has 4 nitrogen and oxygen atoms in total. The lowest BCUT2D eigenvalue weighted by Gasteiger charge is -2.29. The first kappa shape index (κ1) is 19.3. The Balaban J connectivity index is 0.00000225. The van der Waals surface area contributed by atoms with Crippen LogP contribution in [0, 0.1) is 5.92 Å². The molecule has 0 aliphatic heterocycles. The minimum Gasteiger partial charge on any atom is -0.483 e. The first-order chi connectivity index (χ1) is 11.6. The number of carbonyl (C=O) groups is 1. The fourth-order valence-corrected chi connectivity index (χ4v) is 2.99. The molecule has 3 rings (SSSR count). The monoisotopic (exact) mass is 360 g/mol. The van der Waals surface area contributed by atoms with E-state index in [1.165, 1.54) is 0 Å². The molecular weight excluding hydrogens is 336 g/mol. The molecule has 1 fully saturated rings. The normalized spacial score (nSPS) is 15.6. The Morgan fingerprint density at radius 2 is 1.80 bits per heavy atom. The van der Waals surface area contributed by atoms with E-state index >= 15 is 0 Å². The molecule has 3 N–H and O–H groups in total. The van der Waals surface area contributed by atoms with Crippen molar-refractivity contribution in [1.29, 1.82) is 0 Å². The summed E-state index contributed by atoms with van der Waals surface area (Å²) in [5.41, 5.74) is 7.58. The number of hydrogen-bond donors (Lipinski definition) is 2. The molecular formula is C20H25ClN2O2. The van der Waals surface area contributed by atoms with Gasteiger partial charge in [-0.3, -0.25) is 4.79 Å². The zero-order valence-electron chi connectivity index (χ0n) is 14.4. The quantitative estimate of drug-likeness (QED) is 0.795. The molecule has 134 valence electrons. The van der Waals surface area contributed by atoms with Crippen molar-refractivity contribution >= 4 is 18.3 Å². The Bertz CT molecular complexity index is 704. The molecule has 2 aromatic rings. The van der Waals surface area contributed by atoms with Gasteiger partial charge in [-0.15, -0.1) is 12.4 Å². The number of carbonyl (C=O) groups excluding carboxylic acids is 1. The molecule has 2 aromatic carbocycles. The molecule has 1 aliphatic carbocycles. The number of hydrogen-bond acceptors (Lipinski definition) is 3. The molecule has 0 heterocycles. The van der Waals surface area contributed by atoms with Crippen LogP contribution in [0.1, 0.15) is 19.8 Å². The van der Waals surface area contributed by atoms with Crippen molar-refractivity contribution < 1.29 is 9.53 Å². The van der Waals surface area contributed by atoms with Crippen LogP contribution in [-0.4, -0.2) is 24.6 Å². The minimum atomic E-state index is -0.320. The SMILES string of the molecule is CC(CN)(NC(=O)COc1ccccc1-c1ccccc1)C1CC1.Cl. The Labute approximate surface area is 155 Å². The average molecular weight is 361 g/mol. The van der Waals surface area contributed by atoms with Crippen LogP contribution < -0.4 is 15.8 Å². The first-order valence-corrected chi connectivity index (χ1v) is 8.41. The van der Waals surface area contributed by atoms with Gasteiger partial charge < -0.3 is 15.8 Å². The van der Waals surface area contributed by atoms with Crippen LogP contribution in [0.4, 0.5) is 0 Å². The van der Waals surface area contributed by atoms with E-state index in [2.05, 4.69) is 5.32 Å². The van der Waals surface area contributed by atoms with Gasteiger partial charge in [-0.1, -0.05) is 48.5 Å². The summed E-state index contributed by atoms with van der Waals surface area (Å²) in [6, 6.07) is 17.8. The molecule has 1 atom stereocenters. The summed E-state index contributed by atoms with van der Waals surface area (Å²) >= 11 is 0. The second-order valence-electron chi connectivity index (χ2n) is 6.59. The van der Waals surface area contributed by atoms with E-state index in [4.69, 9.17) is 10.5 Å². The number of para-hydroxylation sites is 1. The van der Waals surface area contributed by atoms with E-state index in [1.54, 1.807) is 0 Å². The molecule has 1 saturated carbocycles. The lowest BCUT2D eigenvalue weighted by Crippen LogP contribution is -2.54. The van der Waals surface area contributed by atoms with Gasteiger partial charge in [0, 0.05) is 12.1 Å². The Hall–Kier alpha value is -2.04. The van der Waals surface area contributed by atoms with Crippen LogP contribution in [-0.2, 0) is 4.79 Å². The van der Waals surface area contributed by atoms with E-state index in [1.807, 2.05) is 61.5 Å². The van der Waals surface area contributed by atoms with Crippen molar-refractivity contribution in [3.63, 3.8) is 0 Å². The number of halogens is 1. The number of nitrogens with one attached hydrogen (secondary N) is 1. The molecule has 1 unspecified atom stereocenters. The molecule has 0 radical (unpaired) electrons. The van der Waals surface area contributed by atoms with Gasteiger partial charge in [-0.25, -0.2) is 0 Å². The number of ether oxygens (including phenoxy) is 1. The molecule has 25 heavy (non-hydrogen) atoms. The van der Waals surface area contributed by atoms with Crippen molar-refractivity contribution in [3.8, 4) is 16.9 Å². The maximum absolute atomic E-state index is 12.3.